The topological polar surface area (TPSA) is 37.3 Å². The van der Waals surface area contributed by atoms with Gasteiger partial charge in [-0.2, -0.15) is 0 Å². The Balaban J connectivity index is 2.07. The summed E-state index contributed by atoms with van der Waals surface area (Å²) in [6.45, 7) is 2.05. The highest BCUT2D eigenvalue weighted by Crippen LogP contribution is 2.51. The molecule has 0 amide bonds. The highest BCUT2D eigenvalue weighted by atomic mass is 31.2. The molecule has 0 unspecified atom stereocenters. The fourth-order valence-electron chi connectivity index (χ4n) is 3.44. The van der Waals surface area contributed by atoms with Gasteiger partial charge >= 0.3 is 0 Å². The Kier molecular flexibility index (Phi) is 6.88. The Labute approximate surface area is 167 Å². The molecule has 2 nitrogen and oxygen atoms in total. The van der Waals surface area contributed by atoms with Crippen LogP contribution in [-0.2, 0) is 4.57 Å². The number of hydrogen-bond acceptors (Lipinski definition) is 2. The summed E-state index contributed by atoms with van der Waals surface area (Å²) in [5.41, 5.74) is 0.379. The van der Waals surface area contributed by atoms with E-state index in [4.69, 9.17) is 0 Å². The van der Waals surface area contributed by atoms with Gasteiger partial charge in [0.05, 0.1) is 5.66 Å². The van der Waals surface area contributed by atoms with Crippen molar-refractivity contribution in [2.75, 3.05) is 0 Å². The molecular formula is C25H25O2P. The minimum atomic E-state index is -3.08. The molecule has 28 heavy (non-hydrogen) atoms. The van der Waals surface area contributed by atoms with Gasteiger partial charge in [0, 0.05) is 16.2 Å². The molecule has 0 aliphatic heterocycles. The third-order valence-corrected chi connectivity index (χ3v) is 8.44. The van der Waals surface area contributed by atoms with Crippen LogP contribution in [0, 0.1) is 11.8 Å². The summed E-state index contributed by atoms with van der Waals surface area (Å²) in [6, 6.07) is 28.6. The summed E-state index contributed by atoms with van der Waals surface area (Å²) in [5.74, 6) is 6.00. The second-order valence-electron chi connectivity index (χ2n) is 6.77. The number of aliphatic hydroxyl groups is 1. The highest BCUT2D eigenvalue weighted by Gasteiger charge is 2.39. The zero-order valence-corrected chi connectivity index (χ0v) is 16.9. The van der Waals surface area contributed by atoms with Gasteiger partial charge in [-0.1, -0.05) is 104 Å². The maximum atomic E-state index is 14.5. The van der Waals surface area contributed by atoms with Gasteiger partial charge < -0.3 is 9.67 Å². The molecule has 3 rings (SSSR count). The molecule has 3 aromatic rings. The molecule has 0 aliphatic carbocycles. The van der Waals surface area contributed by atoms with Crippen molar-refractivity contribution in [3.05, 3.63) is 96.6 Å². The first kappa shape index (κ1) is 20.2. The van der Waals surface area contributed by atoms with Crippen LogP contribution in [0.3, 0.4) is 0 Å². The Morgan fingerprint density at radius 1 is 0.821 bits per heavy atom. The van der Waals surface area contributed by atoms with Crippen molar-refractivity contribution in [3.63, 3.8) is 0 Å². The lowest BCUT2D eigenvalue weighted by Gasteiger charge is -2.30. The zero-order chi connectivity index (χ0) is 19.8. The SMILES string of the molecule is CCC[C@@H]([C@H](O)C#Cc1ccccc1)P(=O)(c1ccccc1)c1ccccc1. The second kappa shape index (κ2) is 9.56. The molecule has 0 aromatic heterocycles. The highest BCUT2D eigenvalue weighted by molar-refractivity contribution is 7.79. The quantitative estimate of drug-likeness (QED) is 0.496. The molecule has 0 bridgehead atoms. The van der Waals surface area contributed by atoms with Crippen LogP contribution in [-0.4, -0.2) is 16.9 Å². The van der Waals surface area contributed by atoms with Gasteiger partial charge in [0.25, 0.3) is 0 Å². The molecule has 0 saturated carbocycles. The van der Waals surface area contributed by atoms with Gasteiger partial charge in [0.2, 0.25) is 0 Å². The van der Waals surface area contributed by atoms with Gasteiger partial charge in [-0.15, -0.1) is 0 Å². The molecule has 0 aliphatic rings. The summed E-state index contributed by atoms with van der Waals surface area (Å²) in [5, 5.41) is 12.5. The fourth-order valence-corrected chi connectivity index (χ4v) is 6.83. The molecule has 0 spiro atoms. The minimum Gasteiger partial charge on any atom is -0.380 e. The number of aliphatic hydroxyl groups excluding tert-OH is 1. The number of benzene rings is 3. The maximum absolute atomic E-state index is 14.5. The van der Waals surface area contributed by atoms with E-state index in [0.29, 0.717) is 6.42 Å². The Bertz CT molecular complexity index is 929. The predicted molar refractivity (Wildman–Crippen MR) is 118 cm³/mol. The van der Waals surface area contributed by atoms with E-state index in [9.17, 15) is 9.67 Å². The molecule has 0 saturated heterocycles. The van der Waals surface area contributed by atoms with Crippen LogP contribution < -0.4 is 10.6 Å². The van der Waals surface area contributed by atoms with Gasteiger partial charge in [-0.3, -0.25) is 0 Å². The van der Waals surface area contributed by atoms with Crippen molar-refractivity contribution >= 4 is 17.8 Å². The first-order chi connectivity index (χ1) is 13.7. The monoisotopic (exact) mass is 388 g/mol. The Hall–Kier alpha value is -2.59. The van der Waals surface area contributed by atoms with Crippen molar-refractivity contribution in [2.45, 2.75) is 31.5 Å². The van der Waals surface area contributed by atoms with E-state index in [1.807, 2.05) is 97.9 Å². The average molecular weight is 388 g/mol. The average Bonchev–Trinajstić information content (AvgIpc) is 2.77. The van der Waals surface area contributed by atoms with Crippen LogP contribution >= 0.6 is 7.14 Å². The zero-order valence-electron chi connectivity index (χ0n) is 16.0. The third-order valence-electron chi connectivity index (χ3n) is 4.83. The van der Waals surface area contributed by atoms with Crippen LogP contribution in [0.25, 0.3) is 0 Å². The molecule has 2 atom stereocenters. The number of rotatable bonds is 6. The molecule has 142 valence electrons. The van der Waals surface area contributed by atoms with E-state index in [-0.39, 0.29) is 0 Å². The van der Waals surface area contributed by atoms with Crippen LogP contribution in [0.2, 0.25) is 0 Å². The summed E-state index contributed by atoms with van der Waals surface area (Å²) >= 11 is 0. The summed E-state index contributed by atoms with van der Waals surface area (Å²) in [6.07, 6.45) is 0.468. The molecule has 0 heterocycles. The van der Waals surface area contributed by atoms with Crippen LogP contribution in [0.5, 0.6) is 0 Å². The summed E-state index contributed by atoms with van der Waals surface area (Å²) in [4.78, 5) is 0. The minimum absolute atomic E-state index is 0.460. The molecule has 0 fully saturated rings. The second-order valence-corrected chi connectivity index (χ2v) is 9.78. The van der Waals surface area contributed by atoms with E-state index in [1.54, 1.807) is 0 Å². The summed E-state index contributed by atoms with van der Waals surface area (Å²) < 4.78 is 14.5. The van der Waals surface area contributed by atoms with Gasteiger partial charge in [0.1, 0.15) is 13.2 Å². The predicted octanol–water partition coefficient (Wildman–Crippen LogP) is 4.58. The molecule has 0 radical (unpaired) electrons. The van der Waals surface area contributed by atoms with Crippen LogP contribution in [0.15, 0.2) is 91.0 Å². The lowest BCUT2D eigenvalue weighted by Crippen LogP contribution is -2.34. The van der Waals surface area contributed by atoms with Gasteiger partial charge in [-0.05, 0) is 18.6 Å². The molecule has 3 aromatic carbocycles. The van der Waals surface area contributed by atoms with E-state index >= 15 is 0 Å². The third kappa shape index (κ3) is 4.45. The van der Waals surface area contributed by atoms with Crippen molar-refractivity contribution in [2.24, 2.45) is 0 Å². The standard InChI is InChI=1S/C25H25O2P/c1-2-12-25(24(26)20-19-21-13-6-3-7-14-21)28(27,22-15-8-4-9-16-22)23-17-10-5-11-18-23/h3-11,13-18,24-26H,2,12H2,1H3/t24-,25+/m1/s1. The fraction of sp³-hybridized carbons (Fsp3) is 0.200. The largest absolute Gasteiger partial charge is 0.380 e. The normalized spacial score (nSPS) is 13.2. The van der Waals surface area contributed by atoms with Crippen LogP contribution in [0.1, 0.15) is 25.3 Å². The van der Waals surface area contributed by atoms with Crippen molar-refractivity contribution in [1.82, 2.24) is 0 Å². The maximum Gasteiger partial charge on any atom is 0.149 e. The van der Waals surface area contributed by atoms with Crippen LogP contribution in [0.4, 0.5) is 0 Å². The smallest absolute Gasteiger partial charge is 0.149 e. The van der Waals surface area contributed by atoms with E-state index in [1.165, 1.54) is 0 Å². The van der Waals surface area contributed by atoms with Gasteiger partial charge in [0.15, 0.2) is 0 Å². The Morgan fingerprint density at radius 3 is 1.75 bits per heavy atom. The first-order valence-electron chi connectivity index (χ1n) is 9.62. The van der Waals surface area contributed by atoms with Crippen molar-refractivity contribution in [3.8, 4) is 11.8 Å². The number of hydrogen-bond donors (Lipinski definition) is 1. The molecule has 1 N–H and O–H groups in total. The van der Waals surface area contributed by atoms with E-state index in [0.717, 1.165) is 22.6 Å². The lowest BCUT2D eigenvalue weighted by molar-refractivity contribution is 0.221. The van der Waals surface area contributed by atoms with E-state index < -0.39 is 18.9 Å². The lowest BCUT2D eigenvalue weighted by atomic mass is 10.1. The van der Waals surface area contributed by atoms with Gasteiger partial charge in [-0.25, -0.2) is 0 Å². The van der Waals surface area contributed by atoms with Crippen molar-refractivity contribution in [1.29, 1.82) is 0 Å². The molecular weight excluding hydrogens is 363 g/mol. The summed E-state index contributed by atoms with van der Waals surface area (Å²) in [7, 11) is -3.08. The molecule has 3 heteroatoms. The Morgan fingerprint density at radius 2 is 1.29 bits per heavy atom. The van der Waals surface area contributed by atoms with E-state index in [2.05, 4.69) is 11.8 Å². The van der Waals surface area contributed by atoms with Crippen molar-refractivity contribution < 1.29 is 9.67 Å². The first-order valence-corrected chi connectivity index (χ1v) is 11.4.